The van der Waals surface area contributed by atoms with E-state index in [9.17, 15) is 4.79 Å². The average molecular weight is 463 g/mol. The average Bonchev–Trinajstić information content (AvgIpc) is 3.40. The van der Waals surface area contributed by atoms with E-state index in [2.05, 4.69) is 15.4 Å². The normalized spacial score (nSPS) is 21.0. The van der Waals surface area contributed by atoms with E-state index in [-0.39, 0.29) is 24.0 Å². The molecular formula is C24H23ClN6O2. The highest BCUT2D eigenvalue weighted by Crippen LogP contribution is 2.34. The third-order valence-electron chi connectivity index (χ3n) is 6.61. The summed E-state index contributed by atoms with van der Waals surface area (Å²) in [6, 6.07) is 9.58. The summed E-state index contributed by atoms with van der Waals surface area (Å²) in [5.74, 6) is -0.0718. The number of nitrogens with zero attached hydrogens (tertiary/aromatic N) is 5. The Hall–Kier alpha value is -3.23. The van der Waals surface area contributed by atoms with Crippen molar-refractivity contribution in [1.82, 2.24) is 24.5 Å². The molecule has 5 heterocycles. The Labute approximate surface area is 195 Å². The van der Waals surface area contributed by atoms with Crippen LogP contribution >= 0.6 is 11.6 Å². The van der Waals surface area contributed by atoms with Crippen LogP contribution in [0.2, 0.25) is 5.02 Å². The molecule has 2 aliphatic rings. The second-order valence-corrected chi connectivity index (χ2v) is 9.08. The van der Waals surface area contributed by atoms with Gasteiger partial charge in [0.05, 0.1) is 53.9 Å². The third kappa shape index (κ3) is 3.41. The molecule has 9 heteroatoms. The van der Waals surface area contributed by atoms with Crippen molar-refractivity contribution in [2.24, 2.45) is 0 Å². The molecule has 4 aromatic rings. The Morgan fingerprint density at radius 1 is 1.21 bits per heavy atom. The number of fused-ring (bicyclic) bond motifs is 4. The van der Waals surface area contributed by atoms with Gasteiger partial charge in [-0.25, -0.2) is 14.5 Å². The van der Waals surface area contributed by atoms with E-state index in [1.807, 2.05) is 42.2 Å². The number of hydrogen-bond acceptors (Lipinski definition) is 6. The first-order valence-corrected chi connectivity index (χ1v) is 11.5. The van der Waals surface area contributed by atoms with Gasteiger partial charge in [-0.3, -0.25) is 4.79 Å². The maximum atomic E-state index is 13.8. The largest absolute Gasteiger partial charge is 0.377 e. The Balaban J connectivity index is 1.42. The summed E-state index contributed by atoms with van der Waals surface area (Å²) in [6.07, 6.45) is 7.15. The first-order valence-electron chi connectivity index (χ1n) is 11.1. The van der Waals surface area contributed by atoms with Gasteiger partial charge in [0, 0.05) is 17.8 Å². The first kappa shape index (κ1) is 20.4. The highest BCUT2D eigenvalue weighted by Gasteiger charge is 2.41. The fraction of sp³-hybridized carbons (Fsp3) is 0.333. The number of carbonyl (C=O) groups excluding carboxylic acids is 1. The summed E-state index contributed by atoms with van der Waals surface area (Å²) in [6.45, 7) is 3.17. The highest BCUT2D eigenvalue weighted by molar-refractivity contribution is 6.36. The standard InChI is InChI=1S/C24H23ClN6O2/c1-14(28-19-7-8-27-30-10-9-26-23(19)30)20-11-15-3-2-4-18(25)21(15)22(29-20)24(32)31-16-5-6-17(31)13-33-12-16/h2-4,7-11,14,16-17,28H,5-6,12-13H2,1H3. The molecule has 2 aliphatic heterocycles. The lowest BCUT2D eigenvalue weighted by molar-refractivity contribution is -0.00736. The molecule has 1 amide bonds. The Bertz CT molecular complexity index is 1360. The quantitative estimate of drug-likeness (QED) is 0.491. The molecule has 1 N–H and O–H groups in total. The number of imidazole rings is 1. The van der Waals surface area contributed by atoms with Crippen molar-refractivity contribution >= 4 is 39.6 Å². The number of ether oxygens (including phenoxy) is 1. The Kier molecular flexibility index (Phi) is 4.92. The van der Waals surface area contributed by atoms with E-state index in [1.165, 1.54) is 0 Å². The number of morpholine rings is 1. The van der Waals surface area contributed by atoms with E-state index in [1.54, 1.807) is 23.1 Å². The fourth-order valence-corrected chi connectivity index (χ4v) is 5.27. The first-order chi connectivity index (χ1) is 16.1. The molecular weight excluding hydrogens is 440 g/mol. The maximum absolute atomic E-state index is 13.8. The van der Waals surface area contributed by atoms with Crippen molar-refractivity contribution < 1.29 is 9.53 Å². The smallest absolute Gasteiger partial charge is 0.273 e. The number of hydrogen-bond donors (Lipinski definition) is 1. The molecule has 3 unspecified atom stereocenters. The van der Waals surface area contributed by atoms with Gasteiger partial charge in [0.2, 0.25) is 0 Å². The fourth-order valence-electron chi connectivity index (χ4n) is 5.00. The minimum atomic E-state index is -0.177. The summed E-state index contributed by atoms with van der Waals surface area (Å²) in [4.78, 5) is 25.0. The zero-order valence-corrected chi connectivity index (χ0v) is 18.9. The van der Waals surface area contributed by atoms with Gasteiger partial charge in [0.1, 0.15) is 5.69 Å². The van der Waals surface area contributed by atoms with Crippen molar-refractivity contribution in [2.75, 3.05) is 18.5 Å². The van der Waals surface area contributed by atoms with Crippen LogP contribution in [0.1, 0.15) is 42.0 Å². The van der Waals surface area contributed by atoms with Gasteiger partial charge in [-0.1, -0.05) is 23.7 Å². The molecule has 168 valence electrons. The van der Waals surface area contributed by atoms with Gasteiger partial charge in [-0.05, 0) is 43.4 Å². The van der Waals surface area contributed by atoms with Gasteiger partial charge in [-0.2, -0.15) is 5.10 Å². The second kappa shape index (κ2) is 7.97. The van der Waals surface area contributed by atoms with Crippen molar-refractivity contribution in [3.8, 4) is 0 Å². The van der Waals surface area contributed by atoms with Crippen LogP contribution in [0, 0.1) is 0 Å². The van der Waals surface area contributed by atoms with Crippen LogP contribution in [0.15, 0.2) is 48.9 Å². The summed E-state index contributed by atoms with van der Waals surface area (Å²) in [7, 11) is 0. The summed E-state index contributed by atoms with van der Waals surface area (Å²) in [5.41, 5.74) is 2.74. The molecule has 6 rings (SSSR count). The van der Waals surface area contributed by atoms with E-state index in [4.69, 9.17) is 21.3 Å². The number of benzene rings is 1. The number of nitrogens with one attached hydrogen (secondary N) is 1. The van der Waals surface area contributed by atoms with Crippen LogP contribution in [0.3, 0.4) is 0 Å². The molecule has 8 nitrogen and oxygen atoms in total. The van der Waals surface area contributed by atoms with E-state index >= 15 is 0 Å². The topological polar surface area (TPSA) is 84.7 Å². The molecule has 0 aliphatic carbocycles. The zero-order valence-electron chi connectivity index (χ0n) is 18.1. The van der Waals surface area contributed by atoms with Crippen molar-refractivity contribution in [1.29, 1.82) is 0 Å². The van der Waals surface area contributed by atoms with Crippen LogP contribution in [0.5, 0.6) is 0 Å². The number of pyridine rings is 1. The third-order valence-corrected chi connectivity index (χ3v) is 6.93. The molecule has 2 fully saturated rings. The van der Waals surface area contributed by atoms with Gasteiger partial charge in [0.15, 0.2) is 5.65 Å². The molecule has 0 radical (unpaired) electrons. The van der Waals surface area contributed by atoms with Gasteiger partial charge in [0.25, 0.3) is 5.91 Å². The van der Waals surface area contributed by atoms with E-state index < -0.39 is 0 Å². The number of aromatic nitrogens is 4. The number of carbonyl (C=O) groups is 1. The van der Waals surface area contributed by atoms with Crippen molar-refractivity contribution in [2.45, 2.75) is 37.9 Å². The SMILES string of the molecule is CC(Nc1ccnn2ccnc12)c1cc2cccc(Cl)c2c(C(=O)N2C3CCC2COC3)n1. The number of halogens is 1. The zero-order chi connectivity index (χ0) is 22.5. The predicted molar refractivity (Wildman–Crippen MR) is 126 cm³/mol. The molecule has 1 aromatic carbocycles. The van der Waals surface area contributed by atoms with Crippen LogP contribution in [0.4, 0.5) is 5.69 Å². The van der Waals surface area contributed by atoms with Crippen LogP contribution in [0.25, 0.3) is 16.4 Å². The monoisotopic (exact) mass is 462 g/mol. The molecule has 0 spiro atoms. The molecule has 33 heavy (non-hydrogen) atoms. The second-order valence-electron chi connectivity index (χ2n) is 8.67. The summed E-state index contributed by atoms with van der Waals surface area (Å²) in [5, 5.41) is 9.87. The summed E-state index contributed by atoms with van der Waals surface area (Å²) < 4.78 is 7.39. The molecule has 2 bridgehead atoms. The number of amides is 1. The maximum Gasteiger partial charge on any atom is 0.273 e. The van der Waals surface area contributed by atoms with E-state index in [0.717, 1.165) is 35.3 Å². The lowest BCUT2D eigenvalue weighted by atomic mass is 10.0. The Morgan fingerprint density at radius 2 is 2.03 bits per heavy atom. The van der Waals surface area contributed by atoms with Crippen LogP contribution in [-0.2, 0) is 4.74 Å². The number of anilines is 1. The molecule has 3 atom stereocenters. The number of rotatable bonds is 4. The van der Waals surface area contributed by atoms with Gasteiger partial charge in [-0.15, -0.1) is 0 Å². The van der Waals surface area contributed by atoms with E-state index in [0.29, 0.717) is 29.3 Å². The minimum Gasteiger partial charge on any atom is -0.377 e. The molecule has 0 saturated carbocycles. The molecule has 3 aromatic heterocycles. The van der Waals surface area contributed by atoms with Crippen molar-refractivity contribution in [3.63, 3.8) is 0 Å². The minimum absolute atomic E-state index is 0.0718. The summed E-state index contributed by atoms with van der Waals surface area (Å²) >= 11 is 6.58. The lowest BCUT2D eigenvalue weighted by Crippen LogP contribution is -2.49. The molecule has 2 saturated heterocycles. The van der Waals surface area contributed by atoms with Crippen molar-refractivity contribution in [3.05, 3.63) is 65.3 Å². The Morgan fingerprint density at radius 3 is 2.85 bits per heavy atom. The van der Waals surface area contributed by atoms with Gasteiger partial charge < -0.3 is 15.0 Å². The van der Waals surface area contributed by atoms with Crippen LogP contribution in [-0.4, -0.2) is 55.7 Å². The van der Waals surface area contributed by atoms with Crippen LogP contribution < -0.4 is 5.32 Å². The van der Waals surface area contributed by atoms with Gasteiger partial charge >= 0.3 is 0 Å². The highest BCUT2D eigenvalue weighted by atomic mass is 35.5. The predicted octanol–water partition coefficient (Wildman–Crippen LogP) is 4.11. The lowest BCUT2D eigenvalue weighted by Gasteiger charge is -2.34.